The van der Waals surface area contributed by atoms with E-state index >= 15 is 0 Å². The lowest BCUT2D eigenvalue weighted by molar-refractivity contribution is 0.0702. The third-order valence-electron chi connectivity index (χ3n) is 3.16. The van der Waals surface area contributed by atoms with Crippen LogP contribution in [0.1, 0.15) is 17.3 Å². The summed E-state index contributed by atoms with van der Waals surface area (Å²) in [5.74, 6) is -0.370. The monoisotopic (exact) mass is 309 g/mol. The Morgan fingerprint density at radius 3 is 2.81 bits per heavy atom. The first-order valence-corrected chi connectivity index (χ1v) is 6.96. The highest BCUT2D eigenvalue weighted by Crippen LogP contribution is 2.19. The van der Waals surface area contributed by atoms with Gasteiger partial charge in [-0.3, -0.25) is 4.79 Å². The van der Waals surface area contributed by atoms with E-state index in [1.54, 1.807) is 25.3 Å². The molecule has 0 aliphatic heterocycles. The molecular weight excluding hydrogens is 294 g/mol. The van der Waals surface area contributed by atoms with E-state index in [4.69, 9.17) is 20.8 Å². The molecule has 6 heteroatoms. The Kier molecular flexibility index (Phi) is 4.98. The van der Waals surface area contributed by atoms with Gasteiger partial charge in [0.05, 0.1) is 6.61 Å². The molecule has 0 aliphatic carbocycles. The zero-order valence-electron chi connectivity index (χ0n) is 11.9. The molecule has 0 bridgehead atoms. The summed E-state index contributed by atoms with van der Waals surface area (Å²) >= 11 is 5.92. The van der Waals surface area contributed by atoms with Crippen LogP contribution in [0.2, 0.25) is 5.02 Å². The van der Waals surface area contributed by atoms with E-state index in [1.807, 2.05) is 6.92 Å². The Morgan fingerprint density at radius 1 is 1.38 bits per heavy atom. The van der Waals surface area contributed by atoms with E-state index in [-0.39, 0.29) is 11.5 Å². The van der Waals surface area contributed by atoms with Gasteiger partial charge in [-0.1, -0.05) is 11.6 Å². The number of amides is 1. The summed E-state index contributed by atoms with van der Waals surface area (Å²) in [4.78, 5) is 25.9. The first-order chi connectivity index (χ1) is 10.1. The Hall–Kier alpha value is -1.85. The van der Waals surface area contributed by atoms with Crippen LogP contribution in [0.3, 0.4) is 0 Å². The number of hydrogen-bond acceptors (Lipinski definition) is 4. The van der Waals surface area contributed by atoms with E-state index in [2.05, 4.69) is 0 Å². The van der Waals surface area contributed by atoms with Crippen molar-refractivity contribution in [3.8, 4) is 0 Å². The van der Waals surface area contributed by atoms with Gasteiger partial charge in [-0.2, -0.15) is 0 Å². The van der Waals surface area contributed by atoms with Crippen molar-refractivity contribution in [3.63, 3.8) is 0 Å². The summed E-state index contributed by atoms with van der Waals surface area (Å²) in [6, 6.07) is 6.41. The molecule has 2 rings (SSSR count). The first kappa shape index (κ1) is 15.5. The van der Waals surface area contributed by atoms with E-state index in [1.165, 1.54) is 11.0 Å². The molecule has 5 nitrogen and oxygen atoms in total. The number of likely N-dealkylation sites (N-methyl/N-ethyl adjacent to an activating group) is 1. The summed E-state index contributed by atoms with van der Waals surface area (Å²) in [5.41, 5.74) is -0.241. The van der Waals surface area contributed by atoms with Crippen molar-refractivity contribution < 1.29 is 13.9 Å². The van der Waals surface area contributed by atoms with Crippen LogP contribution in [0.15, 0.2) is 33.5 Å². The standard InChI is InChI=1S/C15H16ClNO4/c1-3-17(6-7-20-2)14(18)12-9-10-8-11(16)4-5-13(10)21-15(12)19/h4-5,8-9H,3,6-7H2,1-2H3. The predicted octanol–water partition coefficient (Wildman–Crippen LogP) is 2.55. The van der Waals surface area contributed by atoms with Crippen LogP contribution in [0.4, 0.5) is 0 Å². The minimum absolute atomic E-state index is 0.00252. The number of hydrogen-bond donors (Lipinski definition) is 0. The number of rotatable bonds is 5. The Balaban J connectivity index is 2.42. The molecule has 112 valence electrons. The topological polar surface area (TPSA) is 59.8 Å². The number of carbonyl (C=O) groups is 1. The van der Waals surface area contributed by atoms with Crippen LogP contribution in [0.25, 0.3) is 11.0 Å². The van der Waals surface area contributed by atoms with Crippen molar-refractivity contribution in [3.05, 3.63) is 45.3 Å². The van der Waals surface area contributed by atoms with Gasteiger partial charge in [0.2, 0.25) is 0 Å². The maximum absolute atomic E-state index is 12.4. The van der Waals surface area contributed by atoms with Crippen molar-refractivity contribution in [1.82, 2.24) is 4.90 Å². The Bertz CT molecular complexity index is 710. The predicted molar refractivity (Wildman–Crippen MR) is 80.9 cm³/mol. The lowest BCUT2D eigenvalue weighted by Gasteiger charge is -2.19. The minimum atomic E-state index is -0.648. The number of methoxy groups -OCH3 is 1. The van der Waals surface area contributed by atoms with Gasteiger partial charge in [-0.25, -0.2) is 4.79 Å². The Labute approximate surface area is 127 Å². The first-order valence-electron chi connectivity index (χ1n) is 6.58. The number of carbonyl (C=O) groups excluding carboxylic acids is 1. The third-order valence-corrected chi connectivity index (χ3v) is 3.39. The normalized spacial score (nSPS) is 10.8. The molecule has 21 heavy (non-hydrogen) atoms. The van der Waals surface area contributed by atoms with Crippen molar-refractivity contribution >= 4 is 28.5 Å². The minimum Gasteiger partial charge on any atom is -0.422 e. The molecule has 0 spiro atoms. The fraction of sp³-hybridized carbons (Fsp3) is 0.333. The maximum atomic E-state index is 12.4. The number of halogens is 1. The summed E-state index contributed by atoms with van der Waals surface area (Å²) in [5, 5.41) is 1.13. The average Bonchev–Trinajstić information content (AvgIpc) is 2.47. The molecule has 0 aliphatic rings. The molecule has 0 saturated heterocycles. The zero-order chi connectivity index (χ0) is 15.4. The second-order valence-electron chi connectivity index (χ2n) is 4.51. The molecule has 0 fully saturated rings. The van der Waals surface area contributed by atoms with Crippen LogP contribution in [-0.2, 0) is 4.74 Å². The number of benzene rings is 1. The fourth-order valence-corrected chi connectivity index (χ4v) is 2.20. The van der Waals surface area contributed by atoms with E-state index in [9.17, 15) is 9.59 Å². The van der Waals surface area contributed by atoms with Crippen LogP contribution in [0.5, 0.6) is 0 Å². The van der Waals surface area contributed by atoms with Gasteiger partial charge in [-0.15, -0.1) is 0 Å². The van der Waals surface area contributed by atoms with Crippen LogP contribution >= 0.6 is 11.6 Å². The summed E-state index contributed by atoms with van der Waals surface area (Å²) in [6.45, 7) is 3.14. The smallest absolute Gasteiger partial charge is 0.349 e. The molecule has 0 N–H and O–H groups in total. The quantitative estimate of drug-likeness (QED) is 0.796. The summed E-state index contributed by atoms with van der Waals surface area (Å²) in [7, 11) is 1.56. The number of ether oxygens (including phenoxy) is 1. The molecule has 0 atom stereocenters. The maximum Gasteiger partial charge on any atom is 0.349 e. The van der Waals surface area contributed by atoms with Gasteiger partial charge < -0.3 is 14.1 Å². The van der Waals surface area contributed by atoms with Gasteiger partial charge in [0.15, 0.2) is 0 Å². The van der Waals surface area contributed by atoms with Gasteiger partial charge >= 0.3 is 5.63 Å². The fourth-order valence-electron chi connectivity index (χ4n) is 2.02. The van der Waals surface area contributed by atoms with Crippen molar-refractivity contribution in [2.75, 3.05) is 26.8 Å². The lowest BCUT2D eigenvalue weighted by Crippen LogP contribution is -2.36. The number of nitrogens with zero attached hydrogens (tertiary/aromatic N) is 1. The number of fused-ring (bicyclic) bond motifs is 1. The second kappa shape index (κ2) is 6.74. The molecule has 0 radical (unpaired) electrons. The van der Waals surface area contributed by atoms with E-state index in [0.717, 1.165) is 0 Å². The van der Waals surface area contributed by atoms with E-state index in [0.29, 0.717) is 35.7 Å². The highest BCUT2D eigenvalue weighted by molar-refractivity contribution is 6.31. The zero-order valence-corrected chi connectivity index (χ0v) is 12.6. The van der Waals surface area contributed by atoms with Gasteiger partial charge in [-0.05, 0) is 31.2 Å². The lowest BCUT2D eigenvalue weighted by atomic mass is 10.1. The van der Waals surface area contributed by atoms with Crippen molar-refractivity contribution in [1.29, 1.82) is 0 Å². The summed E-state index contributed by atoms with van der Waals surface area (Å²) < 4.78 is 10.1. The molecule has 0 saturated carbocycles. The van der Waals surface area contributed by atoms with Crippen molar-refractivity contribution in [2.24, 2.45) is 0 Å². The van der Waals surface area contributed by atoms with E-state index < -0.39 is 5.63 Å². The average molecular weight is 310 g/mol. The molecule has 1 amide bonds. The van der Waals surface area contributed by atoms with Crippen molar-refractivity contribution in [2.45, 2.75) is 6.92 Å². The highest BCUT2D eigenvalue weighted by atomic mass is 35.5. The second-order valence-corrected chi connectivity index (χ2v) is 4.94. The van der Waals surface area contributed by atoms with Crippen LogP contribution in [0, 0.1) is 0 Å². The molecule has 2 aromatic rings. The Morgan fingerprint density at radius 2 is 2.14 bits per heavy atom. The van der Waals surface area contributed by atoms with Gasteiger partial charge in [0.1, 0.15) is 11.1 Å². The van der Waals surface area contributed by atoms with Crippen LogP contribution in [-0.4, -0.2) is 37.6 Å². The van der Waals surface area contributed by atoms with Gasteiger partial charge in [0, 0.05) is 30.6 Å². The molecular formula is C15H16ClNO4. The van der Waals surface area contributed by atoms with Crippen LogP contribution < -0.4 is 5.63 Å². The largest absolute Gasteiger partial charge is 0.422 e. The molecule has 1 aromatic carbocycles. The molecule has 0 unspecified atom stereocenters. The SMILES string of the molecule is CCN(CCOC)C(=O)c1cc2cc(Cl)ccc2oc1=O. The molecule has 1 heterocycles. The highest BCUT2D eigenvalue weighted by Gasteiger charge is 2.19. The van der Waals surface area contributed by atoms with Gasteiger partial charge in [0.25, 0.3) is 5.91 Å². The third kappa shape index (κ3) is 3.43. The summed E-state index contributed by atoms with van der Waals surface area (Å²) in [6.07, 6.45) is 0. The molecule has 1 aromatic heterocycles.